The molecular weight excluding hydrogens is 448 g/mol. The maximum Gasteiger partial charge on any atom is 0.225 e. The number of anilines is 1. The summed E-state index contributed by atoms with van der Waals surface area (Å²) in [5, 5.41) is 23.3. The number of aromatic nitrogens is 1. The van der Waals surface area contributed by atoms with Gasteiger partial charge in [-0.2, -0.15) is 0 Å². The van der Waals surface area contributed by atoms with Crippen molar-refractivity contribution in [1.82, 2.24) is 4.57 Å². The lowest BCUT2D eigenvalue weighted by atomic mass is 9.68. The first-order valence-corrected chi connectivity index (χ1v) is 11.8. The van der Waals surface area contributed by atoms with Crippen LogP contribution >= 0.6 is 15.9 Å². The lowest BCUT2D eigenvalue weighted by Crippen LogP contribution is -2.50. The molecule has 0 spiro atoms. The smallest absolute Gasteiger partial charge is 0.225 e. The largest absolute Gasteiger partial charge is 0.394 e. The predicted octanol–water partition coefficient (Wildman–Crippen LogP) is 4.25. The van der Waals surface area contributed by atoms with Crippen molar-refractivity contribution in [2.75, 3.05) is 31.7 Å². The molecule has 7 heteroatoms. The van der Waals surface area contributed by atoms with Crippen LogP contribution in [-0.2, 0) is 9.53 Å². The number of hydrogen-bond acceptors (Lipinski definition) is 4. The van der Waals surface area contributed by atoms with Crippen LogP contribution in [0.3, 0.4) is 0 Å². The normalized spacial score (nSPS) is 19.6. The molecule has 6 nitrogen and oxygen atoms in total. The summed E-state index contributed by atoms with van der Waals surface area (Å²) in [7, 11) is 0. The minimum absolute atomic E-state index is 0.00176. The van der Waals surface area contributed by atoms with Gasteiger partial charge in [0.15, 0.2) is 0 Å². The average molecular weight is 479 g/mol. The molecule has 1 aliphatic heterocycles. The van der Waals surface area contributed by atoms with Crippen LogP contribution in [-0.4, -0.2) is 47.1 Å². The summed E-state index contributed by atoms with van der Waals surface area (Å²) in [5.74, 6) is 0.558. The van der Waals surface area contributed by atoms with Gasteiger partial charge in [-0.25, -0.2) is 0 Å². The van der Waals surface area contributed by atoms with Gasteiger partial charge in [0.25, 0.3) is 0 Å². The number of aliphatic hydroxyl groups is 2. The van der Waals surface area contributed by atoms with Crippen LogP contribution in [0, 0.1) is 11.3 Å². The summed E-state index contributed by atoms with van der Waals surface area (Å²) in [5.41, 5.74) is 1.52. The van der Waals surface area contributed by atoms with E-state index in [1.807, 2.05) is 29.0 Å². The zero-order chi connectivity index (χ0) is 21.1. The molecule has 2 aromatic rings. The van der Waals surface area contributed by atoms with Gasteiger partial charge < -0.3 is 24.8 Å². The number of carbonyl (C=O) groups is 1. The first-order chi connectivity index (χ1) is 14.6. The average Bonchev–Trinajstić information content (AvgIpc) is 2.89. The number of ether oxygens (including phenoxy) is 1. The number of hydrogen-bond donors (Lipinski definition) is 3. The number of nitrogens with one attached hydrogen (secondary N) is 1. The van der Waals surface area contributed by atoms with Gasteiger partial charge in [-0.3, -0.25) is 4.79 Å². The molecule has 3 N–H and O–H groups in total. The standard InChI is InChI=1S/C23H31BrN2O4/c24-18-8-5-9-20-22(18)19(11-26(20)17(12-27)13-28)25-21(29)10-23(14-30-15-23)16-6-3-1-2-4-7-16/h5,8-9,11,16-17,27-28H,1-4,6-7,10,12-15H2,(H,25,29). The molecule has 1 amide bonds. The number of amides is 1. The highest BCUT2D eigenvalue weighted by molar-refractivity contribution is 9.10. The molecular formula is C23H31BrN2O4. The van der Waals surface area contributed by atoms with Gasteiger partial charge in [-0.05, 0) is 30.9 Å². The number of carbonyl (C=O) groups excluding carboxylic acids is 1. The molecule has 1 aromatic heterocycles. The number of fused-ring (bicyclic) bond motifs is 1. The second-order valence-electron chi connectivity index (χ2n) is 8.87. The fourth-order valence-corrected chi connectivity index (χ4v) is 5.72. The third-order valence-corrected chi connectivity index (χ3v) is 7.57. The maximum absolute atomic E-state index is 13.1. The van der Waals surface area contributed by atoms with Crippen LogP contribution in [0.15, 0.2) is 28.9 Å². The Morgan fingerprint density at radius 2 is 1.90 bits per heavy atom. The highest BCUT2D eigenvalue weighted by Gasteiger charge is 2.46. The third-order valence-electron chi connectivity index (χ3n) is 6.91. The van der Waals surface area contributed by atoms with E-state index in [0.717, 1.165) is 15.4 Å². The Hall–Kier alpha value is -1.41. The van der Waals surface area contributed by atoms with Crippen LogP contribution in [0.5, 0.6) is 0 Å². The first kappa shape index (κ1) is 21.8. The van der Waals surface area contributed by atoms with Gasteiger partial charge >= 0.3 is 0 Å². The highest BCUT2D eigenvalue weighted by atomic mass is 79.9. The van der Waals surface area contributed by atoms with E-state index < -0.39 is 6.04 Å². The van der Waals surface area contributed by atoms with E-state index in [1.165, 1.54) is 38.5 Å². The fraction of sp³-hybridized carbons (Fsp3) is 0.609. The summed E-state index contributed by atoms with van der Waals surface area (Å²) in [6, 6.07) is 5.32. The topological polar surface area (TPSA) is 83.7 Å². The van der Waals surface area contributed by atoms with E-state index >= 15 is 0 Å². The van der Waals surface area contributed by atoms with Crippen LogP contribution in [0.25, 0.3) is 10.9 Å². The van der Waals surface area contributed by atoms with Crippen molar-refractivity contribution < 1.29 is 19.7 Å². The molecule has 0 radical (unpaired) electrons. The summed E-state index contributed by atoms with van der Waals surface area (Å²) in [6.07, 6.45) is 9.76. The number of nitrogens with zero attached hydrogens (tertiary/aromatic N) is 1. The molecule has 164 valence electrons. The monoisotopic (exact) mass is 478 g/mol. The quantitative estimate of drug-likeness (QED) is 0.519. The van der Waals surface area contributed by atoms with Crippen molar-refractivity contribution in [3.05, 3.63) is 28.9 Å². The number of halogens is 1. The van der Waals surface area contributed by atoms with Crippen molar-refractivity contribution in [1.29, 1.82) is 0 Å². The summed E-state index contributed by atoms with van der Waals surface area (Å²) >= 11 is 3.59. The van der Waals surface area contributed by atoms with Crippen molar-refractivity contribution in [2.45, 2.75) is 51.0 Å². The molecule has 1 saturated carbocycles. The molecule has 1 aromatic carbocycles. The Labute approximate surface area is 185 Å². The summed E-state index contributed by atoms with van der Waals surface area (Å²) in [6.45, 7) is 0.992. The zero-order valence-electron chi connectivity index (χ0n) is 17.3. The molecule has 2 heterocycles. The first-order valence-electron chi connectivity index (χ1n) is 11.0. The predicted molar refractivity (Wildman–Crippen MR) is 121 cm³/mol. The molecule has 30 heavy (non-hydrogen) atoms. The molecule has 1 aliphatic carbocycles. The van der Waals surface area contributed by atoms with Crippen LogP contribution in [0.4, 0.5) is 5.69 Å². The molecule has 4 rings (SSSR count). The number of aliphatic hydroxyl groups excluding tert-OH is 2. The molecule has 0 unspecified atom stereocenters. The van der Waals surface area contributed by atoms with Gasteiger partial charge in [0.1, 0.15) is 0 Å². The van der Waals surface area contributed by atoms with Crippen LogP contribution in [0.2, 0.25) is 0 Å². The Balaban J connectivity index is 1.57. The van der Waals surface area contributed by atoms with E-state index in [0.29, 0.717) is 31.2 Å². The zero-order valence-corrected chi connectivity index (χ0v) is 18.9. The minimum atomic E-state index is -0.454. The molecule has 2 aliphatic rings. The Morgan fingerprint density at radius 1 is 1.20 bits per heavy atom. The Morgan fingerprint density at radius 3 is 2.50 bits per heavy atom. The van der Waals surface area contributed by atoms with Crippen LogP contribution < -0.4 is 5.32 Å². The van der Waals surface area contributed by atoms with E-state index in [2.05, 4.69) is 21.2 Å². The van der Waals surface area contributed by atoms with E-state index in [1.54, 1.807) is 0 Å². The number of benzene rings is 1. The van der Waals surface area contributed by atoms with Gasteiger partial charge in [-0.1, -0.05) is 47.7 Å². The Bertz CT molecular complexity index is 881. The Kier molecular flexibility index (Phi) is 6.82. The van der Waals surface area contributed by atoms with E-state index in [9.17, 15) is 15.0 Å². The SMILES string of the molecule is O=C(CC1(C2CCCCCC2)COC1)Nc1cn(C(CO)CO)c2cccc(Br)c12. The maximum atomic E-state index is 13.1. The lowest BCUT2D eigenvalue weighted by molar-refractivity contribution is -0.160. The van der Waals surface area contributed by atoms with Crippen molar-refractivity contribution in [3.8, 4) is 0 Å². The second-order valence-corrected chi connectivity index (χ2v) is 9.73. The lowest BCUT2D eigenvalue weighted by Gasteiger charge is -2.47. The number of rotatable bonds is 7. The minimum Gasteiger partial charge on any atom is -0.394 e. The molecule has 0 atom stereocenters. The van der Waals surface area contributed by atoms with Crippen LogP contribution in [0.1, 0.15) is 51.0 Å². The van der Waals surface area contributed by atoms with Crippen molar-refractivity contribution in [2.24, 2.45) is 11.3 Å². The van der Waals surface area contributed by atoms with Crippen molar-refractivity contribution in [3.63, 3.8) is 0 Å². The molecule has 0 bridgehead atoms. The highest BCUT2D eigenvalue weighted by Crippen LogP contribution is 2.46. The van der Waals surface area contributed by atoms with Gasteiger partial charge in [0.2, 0.25) is 5.91 Å². The van der Waals surface area contributed by atoms with Gasteiger partial charge in [0, 0.05) is 27.9 Å². The second kappa shape index (κ2) is 9.39. The fourth-order valence-electron chi connectivity index (χ4n) is 5.15. The molecule has 2 fully saturated rings. The van der Waals surface area contributed by atoms with Gasteiger partial charge in [0.05, 0.1) is 43.7 Å². The van der Waals surface area contributed by atoms with E-state index in [4.69, 9.17) is 4.74 Å². The summed E-state index contributed by atoms with van der Waals surface area (Å²) < 4.78 is 8.30. The van der Waals surface area contributed by atoms with Gasteiger partial charge in [-0.15, -0.1) is 0 Å². The van der Waals surface area contributed by atoms with E-state index in [-0.39, 0.29) is 24.5 Å². The van der Waals surface area contributed by atoms with Crippen molar-refractivity contribution >= 4 is 38.4 Å². The molecule has 1 saturated heterocycles. The summed E-state index contributed by atoms with van der Waals surface area (Å²) in [4.78, 5) is 13.1. The third kappa shape index (κ3) is 4.17.